The zero-order valence-corrected chi connectivity index (χ0v) is 14.3. The highest BCUT2D eigenvalue weighted by Crippen LogP contribution is 2.53. The molecule has 2 unspecified atom stereocenters. The van der Waals surface area contributed by atoms with Crippen LogP contribution in [0.4, 0.5) is 0 Å². The summed E-state index contributed by atoms with van der Waals surface area (Å²) in [6, 6.07) is 0.786. The predicted octanol–water partition coefficient (Wildman–Crippen LogP) is 5.70. The number of nitrogens with zero attached hydrogens (tertiary/aromatic N) is 1. The molecule has 1 aliphatic heterocycles. The van der Waals surface area contributed by atoms with Gasteiger partial charge in [0, 0.05) is 23.7 Å². The van der Waals surface area contributed by atoms with Gasteiger partial charge in [-0.1, -0.05) is 71.3 Å². The Morgan fingerprint density at radius 3 is 2.67 bits per heavy atom. The maximum Gasteiger partial charge on any atom is 0.0324 e. The van der Waals surface area contributed by atoms with Gasteiger partial charge in [0.2, 0.25) is 0 Å². The van der Waals surface area contributed by atoms with Crippen LogP contribution in [0.3, 0.4) is 0 Å². The van der Waals surface area contributed by atoms with Gasteiger partial charge in [0.15, 0.2) is 0 Å². The van der Waals surface area contributed by atoms with Crippen molar-refractivity contribution in [3.05, 3.63) is 36.6 Å². The largest absolute Gasteiger partial charge is 0.371 e. The molecule has 2 aliphatic rings. The minimum Gasteiger partial charge on any atom is -0.371 e. The quantitative estimate of drug-likeness (QED) is 0.447. The van der Waals surface area contributed by atoms with E-state index < -0.39 is 0 Å². The van der Waals surface area contributed by atoms with Gasteiger partial charge in [-0.05, 0) is 31.3 Å². The van der Waals surface area contributed by atoms with E-state index in [1.807, 2.05) is 6.08 Å². The van der Waals surface area contributed by atoms with Crippen molar-refractivity contribution in [1.82, 2.24) is 4.90 Å². The summed E-state index contributed by atoms with van der Waals surface area (Å²) in [4.78, 5) is 2.76. The van der Waals surface area contributed by atoms with Crippen LogP contribution in [-0.2, 0) is 0 Å². The van der Waals surface area contributed by atoms with Crippen molar-refractivity contribution in [3.63, 3.8) is 0 Å². The number of allylic oxidation sites excluding steroid dienone is 5. The second-order valence-electron chi connectivity index (χ2n) is 7.25. The Morgan fingerprint density at radius 1 is 1.19 bits per heavy atom. The Bertz CT molecular complexity index is 402. The fraction of sp³-hybridized carbons (Fsp3) is 0.700. The lowest BCUT2D eigenvalue weighted by atomic mass is 9.71. The Morgan fingerprint density at radius 2 is 1.95 bits per heavy atom. The summed E-state index contributed by atoms with van der Waals surface area (Å²) in [6.07, 6.45) is 18.1. The van der Waals surface area contributed by atoms with Gasteiger partial charge in [0.25, 0.3) is 0 Å². The molecule has 0 spiro atoms. The molecule has 1 saturated carbocycles. The second kappa shape index (κ2) is 7.33. The molecule has 1 heterocycles. The highest BCUT2D eigenvalue weighted by Gasteiger charge is 2.49. The third kappa shape index (κ3) is 3.44. The third-order valence-corrected chi connectivity index (χ3v) is 5.53. The van der Waals surface area contributed by atoms with Gasteiger partial charge >= 0.3 is 0 Å². The minimum absolute atomic E-state index is 0.322. The molecule has 118 valence electrons. The lowest BCUT2D eigenvalue weighted by Crippen LogP contribution is -2.35. The van der Waals surface area contributed by atoms with E-state index in [9.17, 15) is 0 Å². The summed E-state index contributed by atoms with van der Waals surface area (Å²) < 4.78 is 0. The van der Waals surface area contributed by atoms with Crippen LogP contribution in [0.5, 0.6) is 0 Å². The van der Waals surface area contributed by atoms with Crippen molar-refractivity contribution in [3.8, 4) is 0 Å². The zero-order valence-electron chi connectivity index (χ0n) is 14.3. The van der Waals surface area contributed by atoms with Crippen molar-refractivity contribution in [1.29, 1.82) is 0 Å². The van der Waals surface area contributed by atoms with E-state index in [0.29, 0.717) is 5.41 Å². The average Bonchev–Trinajstić information content (AvgIpc) is 2.69. The monoisotopic (exact) mass is 287 g/mol. The molecule has 2 atom stereocenters. The van der Waals surface area contributed by atoms with Crippen LogP contribution >= 0.6 is 0 Å². The smallest absolute Gasteiger partial charge is 0.0324 e. The van der Waals surface area contributed by atoms with E-state index in [-0.39, 0.29) is 0 Å². The summed E-state index contributed by atoms with van der Waals surface area (Å²) in [7, 11) is 0. The van der Waals surface area contributed by atoms with Crippen molar-refractivity contribution in [2.75, 3.05) is 6.54 Å². The minimum atomic E-state index is 0.322. The molecule has 0 aromatic carbocycles. The fourth-order valence-corrected chi connectivity index (χ4v) is 4.42. The summed E-state index contributed by atoms with van der Waals surface area (Å²) in [5.41, 5.74) is 1.89. The number of unbranched alkanes of at least 4 members (excludes halogenated alkanes) is 2. The summed E-state index contributed by atoms with van der Waals surface area (Å²) in [6.45, 7) is 12.2. The van der Waals surface area contributed by atoms with Gasteiger partial charge in [-0.25, -0.2) is 0 Å². The fourth-order valence-electron chi connectivity index (χ4n) is 4.42. The average molecular weight is 287 g/mol. The molecule has 0 bridgehead atoms. The number of hydrogen-bond donors (Lipinski definition) is 0. The number of fused-ring (bicyclic) bond motifs is 1. The first-order valence-corrected chi connectivity index (χ1v) is 8.89. The first kappa shape index (κ1) is 16.4. The molecule has 0 N–H and O–H groups in total. The van der Waals surface area contributed by atoms with Gasteiger partial charge in [0.1, 0.15) is 0 Å². The number of rotatable bonds is 6. The lowest BCUT2D eigenvalue weighted by Gasteiger charge is -2.34. The zero-order chi connectivity index (χ0) is 15.3. The first-order chi connectivity index (χ1) is 10.1. The van der Waals surface area contributed by atoms with Gasteiger partial charge < -0.3 is 4.90 Å². The molecular weight excluding hydrogens is 254 g/mol. The molecule has 2 rings (SSSR count). The molecular formula is C20H33N. The van der Waals surface area contributed by atoms with Crippen LogP contribution in [0, 0.1) is 11.3 Å². The molecule has 1 aliphatic carbocycles. The van der Waals surface area contributed by atoms with Crippen LogP contribution in [0.25, 0.3) is 0 Å². The topological polar surface area (TPSA) is 3.24 Å². The highest BCUT2D eigenvalue weighted by atomic mass is 15.2. The van der Waals surface area contributed by atoms with Gasteiger partial charge in [-0.3, -0.25) is 0 Å². The van der Waals surface area contributed by atoms with Gasteiger partial charge in [0.05, 0.1) is 0 Å². The maximum atomic E-state index is 3.78. The Balaban J connectivity index is 2.24. The summed E-state index contributed by atoms with van der Waals surface area (Å²) in [5, 5.41) is 0. The summed E-state index contributed by atoms with van der Waals surface area (Å²) in [5.74, 6) is 0.844. The molecule has 1 nitrogen and oxygen atoms in total. The van der Waals surface area contributed by atoms with Crippen molar-refractivity contribution >= 4 is 0 Å². The first-order valence-electron chi connectivity index (χ1n) is 8.89. The van der Waals surface area contributed by atoms with E-state index in [1.54, 1.807) is 5.70 Å². The molecule has 21 heavy (non-hydrogen) atoms. The van der Waals surface area contributed by atoms with Gasteiger partial charge in [-0.15, -0.1) is 0 Å². The highest BCUT2D eigenvalue weighted by molar-refractivity contribution is 5.27. The van der Waals surface area contributed by atoms with E-state index in [4.69, 9.17) is 0 Å². The van der Waals surface area contributed by atoms with Crippen LogP contribution in [0.15, 0.2) is 36.6 Å². The molecule has 0 amide bonds. The van der Waals surface area contributed by atoms with Gasteiger partial charge in [-0.2, -0.15) is 0 Å². The number of hydrogen-bond acceptors (Lipinski definition) is 1. The van der Waals surface area contributed by atoms with Crippen molar-refractivity contribution < 1.29 is 0 Å². The van der Waals surface area contributed by atoms with E-state index in [0.717, 1.165) is 12.0 Å². The SMILES string of the molecule is C=CC=CC=C1N(CCCCC)C2CCCCC2C1(C)C. The summed E-state index contributed by atoms with van der Waals surface area (Å²) >= 11 is 0. The van der Waals surface area contributed by atoms with Crippen LogP contribution in [0.1, 0.15) is 65.7 Å². The lowest BCUT2D eigenvalue weighted by molar-refractivity contribution is 0.168. The molecule has 0 radical (unpaired) electrons. The van der Waals surface area contributed by atoms with Crippen LogP contribution < -0.4 is 0 Å². The van der Waals surface area contributed by atoms with E-state index >= 15 is 0 Å². The predicted molar refractivity (Wildman–Crippen MR) is 93.2 cm³/mol. The van der Waals surface area contributed by atoms with Crippen molar-refractivity contribution in [2.24, 2.45) is 11.3 Å². The van der Waals surface area contributed by atoms with E-state index in [1.165, 1.54) is 51.5 Å². The standard InChI is InChI=1S/C20H33N/c1-5-7-9-15-19-20(3,4)17-13-10-11-14-18(17)21(19)16-12-8-6-2/h5,7,9,15,17-18H,1,6,8,10-14,16H2,2-4H3. The van der Waals surface area contributed by atoms with Crippen LogP contribution in [-0.4, -0.2) is 17.5 Å². The maximum absolute atomic E-state index is 3.78. The third-order valence-electron chi connectivity index (χ3n) is 5.53. The van der Waals surface area contributed by atoms with Crippen LogP contribution in [0.2, 0.25) is 0 Å². The van der Waals surface area contributed by atoms with E-state index in [2.05, 4.69) is 50.5 Å². The molecule has 1 saturated heterocycles. The second-order valence-corrected chi connectivity index (χ2v) is 7.25. The Hall–Kier alpha value is -0.980. The normalized spacial score (nSPS) is 30.0. The molecule has 0 aromatic heterocycles. The van der Waals surface area contributed by atoms with Crippen molar-refractivity contribution in [2.45, 2.75) is 71.8 Å². The molecule has 0 aromatic rings. The Labute approximate surface area is 131 Å². The molecule has 2 fully saturated rings. The molecule has 1 heteroatoms. The number of likely N-dealkylation sites (tertiary alicyclic amines) is 1. The Kier molecular flexibility index (Phi) is 5.72.